The monoisotopic (exact) mass is 347 g/mol. The van der Waals surface area contributed by atoms with Crippen LogP contribution in [0.15, 0.2) is 22.7 Å². The normalized spacial score (nSPS) is 10.2. The zero-order valence-electron chi connectivity index (χ0n) is 9.46. The van der Waals surface area contributed by atoms with Gasteiger partial charge in [0.15, 0.2) is 0 Å². The molecule has 1 aromatic rings. The molecule has 0 radical (unpaired) electrons. The zero-order valence-corrected chi connectivity index (χ0v) is 12.6. The fourth-order valence-corrected chi connectivity index (χ4v) is 2.22. The van der Waals surface area contributed by atoms with Gasteiger partial charge in [-0.1, -0.05) is 37.9 Å². The Hall–Kier alpha value is -0.350. The molecule has 0 saturated heterocycles. The summed E-state index contributed by atoms with van der Waals surface area (Å²) in [5.74, 6) is 0.0858. The Bertz CT molecular complexity index is 379. The molecule has 4 heteroatoms. The Kier molecular flexibility index (Phi) is 5.49. The molecule has 0 aliphatic rings. The second-order valence-electron chi connectivity index (χ2n) is 3.54. The fourth-order valence-electron chi connectivity index (χ4n) is 1.41. The summed E-state index contributed by atoms with van der Waals surface area (Å²) in [5, 5.41) is 0.805. The third kappa shape index (κ3) is 3.32. The number of alkyl halides is 1. The van der Waals surface area contributed by atoms with Crippen molar-refractivity contribution in [1.82, 2.24) is 4.90 Å². The number of hydrogen-bond acceptors (Lipinski definition) is 1. The Morgan fingerprint density at radius 2 is 2.12 bits per heavy atom. The molecule has 0 bridgehead atoms. The lowest BCUT2D eigenvalue weighted by Crippen LogP contribution is -2.32. The molecule has 88 valence electrons. The highest BCUT2D eigenvalue weighted by Crippen LogP contribution is 2.18. The molecular formula is C12H15Br2NO. The van der Waals surface area contributed by atoms with Gasteiger partial charge >= 0.3 is 0 Å². The molecule has 0 fully saturated rings. The van der Waals surface area contributed by atoms with E-state index in [2.05, 4.69) is 31.9 Å². The van der Waals surface area contributed by atoms with Gasteiger partial charge in [-0.05, 0) is 31.5 Å². The van der Waals surface area contributed by atoms with Gasteiger partial charge in [-0.2, -0.15) is 0 Å². The predicted octanol–water partition coefficient (Wildman–Crippen LogP) is 3.61. The molecule has 2 nitrogen and oxygen atoms in total. The molecule has 16 heavy (non-hydrogen) atoms. The van der Waals surface area contributed by atoms with Crippen molar-refractivity contribution in [2.45, 2.75) is 13.8 Å². The number of hydrogen-bond donors (Lipinski definition) is 0. The van der Waals surface area contributed by atoms with E-state index >= 15 is 0 Å². The van der Waals surface area contributed by atoms with Crippen LogP contribution >= 0.6 is 31.9 Å². The summed E-state index contributed by atoms with van der Waals surface area (Å²) < 4.78 is 0.980. The summed E-state index contributed by atoms with van der Waals surface area (Å²) in [4.78, 5) is 13.9. The SMILES string of the molecule is CCN(CCBr)C(=O)c1ccc(C)c(Br)c1. The van der Waals surface area contributed by atoms with Gasteiger partial charge in [0.25, 0.3) is 5.91 Å². The van der Waals surface area contributed by atoms with Crippen LogP contribution in [0, 0.1) is 6.92 Å². The van der Waals surface area contributed by atoms with Crippen molar-refractivity contribution >= 4 is 37.8 Å². The van der Waals surface area contributed by atoms with Gasteiger partial charge < -0.3 is 4.90 Å². The third-order valence-corrected chi connectivity index (χ3v) is 3.65. The molecule has 1 amide bonds. The van der Waals surface area contributed by atoms with Crippen molar-refractivity contribution in [1.29, 1.82) is 0 Å². The minimum Gasteiger partial charge on any atom is -0.338 e. The number of carbonyl (C=O) groups is 1. The van der Waals surface area contributed by atoms with Gasteiger partial charge in [0.2, 0.25) is 0 Å². The summed E-state index contributed by atoms with van der Waals surface area (Å²) >= 11 is 6.80. The van der Waals surface area contributed by atoms with E-state index in [0.29, 0.717) is 0 Å². The number of halogens is 2. The molecule has 1 aromatic carbocycles. The van der Waals surface area contributed by atoms with Crippen molar-refractivity contribution < 1.29 is 4.79 Å². The summed E-state index contributed by atoms with van der Waals surface area (Å²) in [7, 11) is 0. The number of carbonyl (C=O) groups excluding carboxylic acids is 1. The zero-order chi connectivity index (χ0) is 12.1. The van der Waals surface area contributed by atoms with E-state index in [1.54, 1.807) is 0 Å². The van der Waals surface area contributed by atoms with Crippen LogP contribution in [0.25, 0.3) is 0 Å². The Morgan fingerprint density at radius 3 is 2.62 bits per heavy atom. The number of nitrogens with zero attached hydrogens (tertiary/aromatic N) is 1. The maximum atomic E-state index is 12.1. The molecule has 0 N–H and O–H groups in total. The molecule has 0 unspecified atom stereocenters. The predicted molar refractivity (Wildman–Crippen MR) is 74.3 cm³/mol. The standard InChI is InChI=1S/C12H15Br2NO/c1-3-15(7-6-13)12(16)10-5-4-9(2)11(14)8-10/h4-5,8H,3,6-7H2,1-2H3. The van der Waals surface area contributed by atoms with Crippen molar-refractivity contribution in [3.63, 3.8) is 0 Å². The second kappa shape index (κ2) is 6.40. The molecule has 0 aliphatic carbocycles. The smallest absolute Gasteiger partial charge is 0.253 e. The average molecular weight is 349 g/mol. The molecule has 0 aliphatic heterocycles. The quantitative estimate of drug-likeness (QED) is 0.761. The second-order valence-corrected chi connectivity index (χ2v) is 5.19. The third-order valence-electron chi connectivity index (χ3n) is 2.44. The van der Waals surface area contributed by atoms with Gasteiger partial charge in [0.05, 0.1) is 0 Å². The summed E-state index contributed by atoms with van der Waals surface area (Å²) in [6.45, 7) is 5.47. The van der Waals surface area contributed by atoms with Gasteiger partial charge in [-0.25, -0.2) is 0 Å². The molecule has 1 rings (SSSR count). The molecule has 0 spiro atoms. The van der Waals surface area contributed by atoms with Crippen molar-refractivity contribution in [3.8, 4) is 0 Å². The Balaban J connectivity index is 2.90. The number of amides is 1. The first-order chi connectivity index (χ1) is 7.60. The van der Waals surface area contributed by atoms with E-state index in [1.165, 1.54) is 0 Å². The molecule has 0 heterocycles. The highest BCUT2D eigenvalue weighted by atomic mass is 79.9. The van der Waals surface area contributed by atoms with Crippen LogP contribution in [-0.2, 0) is 0 Å². The van der Waals surface area contributed by atoms with Gasteiger partial charge in [-0.15, -0.1) is 0 Å². The van der Waals surface area contributed by atoms with E-state index in [9.17, 15) is 4.79 Å². The lowest BCUT2D eigenvalue weighted by Gasteiger charge is -2.19. The first-order valence-corrected chi connectivity index (χ1v) is 7.13. The summed E-state index contributed by atoms with van der Waals surface area (Å²) in [6, 6.07) is 5.72. The maximum Gasteiger partial charge on any atom is 0.253 e. The Labute approximate surface area is 113 Å². The maximum absolute atomic E-state index is 12.1. The van der Waals surface area contributed by atoms with Crippen molar-refractivity contribution in [3.05, 3.63) is 33.8 Å². The first kappa shape index (κ1) is 13.7. The van der Waals surface area contributed by atoms with Crippen LogP contribution < -0.4 is 0 Å². The van der Waals surface area contributed by atoms with Crippen molar-refractivity contribution in [2.24, 2.45) is 0 Å². The van der Waals surface area contributed by atoms with Crippen LogP contribution in [0.3, 0.4) is 0 Å². The highest BCUT2D eigenvalue weighted by Gasteiger charge is 2.13. The minimum atomic E-state index is 0.0858. The minimum absolute atomic E-state index is 0.0858. The molecule has 0 aromatic heterocycles. The largest absolute Gasteiger partial charge is 0.338 e. The van der Waals surface area contributed by atoms with Crippen molar-refractivity contribution in [2.75, 3.05) is 18.4 Å². The topological polar surface area (TPSA) is 20.3 Å². The molecular weight excluding hydrogens is 334 g/mol. The number of benzene rings is 1. The highest BCUT2D eigenvalue weighted by molar-refractivity contribution is 9.10. The first-order valence-electron chi connectivity index (χ1n) is 5.21. The molecule has 0 saturated carbocycles. The lowest BCUT2D eigenvalue weighted by atomic mass is 10.1. The fraction of sp³-hybridized carbons (Fsp3) is 0.417. The van der Waals surface area contributed by atoms with E-state index in [4.69, 9.17) is 0 Å². The van der Waals surface area contributed by atoms with Crippen LogP contribution in [0.1, 0.15) is 22.8 Å². The number of rotatable bonds is 4. The van der Waals surface area contributed by atoms with E-state index in [1.807, 2.05) is 36.9 Å². The summed E-state index contributed by atoms with van der Waals surface area (Å²) in [5.41, 5.74) is 1.88. The van der Waals surface area contributed by atoms with Gasteiger partial charge in [-0.3, -0.25) is 4.79 Å². The lowest BCUT2D eigenvalue weighted by molar-refractivity contribution is 0.0775. The number of aryl methyl sites for hydroxylation is 1. The average Bonchev–Trinajstić information content (AvgIpc) is 2.28. The van der Waals surface area contributed by atoms with Gasteiger partial charge in [0, 0.05) is 28.5 Å². The van der Waals surface area contributed by atoms with E-state index in [-0.39, 0.29) is 5.91 Å². The molecule has 0 atom stereocenters. The summed E-state index contributed by atoms with van der Waals surface area (Å²) in [6.07, 6.45) is 0. The van der Waals surface area contributed by atoms with Gasteiger partial charge in [0.1, 0.15) is 0 Å². The van der Waals surface area contributed by atoms with Crippen LogP contribution in [0.5, 0.6) is 0 Å². The van der Waals surface area contributed by atoms with Crippen LogP contribution in [0.4, 0.5) is 0 Å². The van der Waals surface area contributed by atoms with E-state index in [0.717, 1.165) is 34.0 Å². The Morgan fingerprint density at radius 1 is 1.44 bits per heavy atom. The van der Waals surface area contributed by atoms with Crippen LogP contribution in [-0.4, -0.2) is 29.2 Å². The van der Waals surface area contributed by atoms with Crippen LogP contribution in [0.2, 0.25) is 0 Å². The van der Waals surface area contributed by atoms with E-state index < -0.39 is 0 Å².